The molecule has 0 fully saturated rings. The van der Waals surface area contributed by atoms with E-state index < -0.39 is 38.6 Å². The molecule has 0 saturated heterocycles. The van der Waals surface area contributed by atoms with Crippen LogP contribution in [0.1, 0.15) is 194 Å². The van der Waals surface area contributed by atoms with Gasteiger partial charge in [0.2, 0.25) is 0 Å². The van der Waals surface area contributed by atoms with Crippen LogP contribution in [0.3, 0.4) is 0 Å². The Morgan fingerprint density at radius 2 is 1.07 bits per heavy atom. The highest BCUT2D eigenvalue weighted by Crippen LogP contribution is 2.36. The fraction of sp³-hybridized carbons (Fsp3) is 0.714. The maximum atomic E-state index is 12.4. The summed E-state index contributed by atoms with van der Waals surface area (Å²) in [5.41, 5.74) is 0. The Morgan fingerprint density at radius 3 is 1.61 bits per heavy atom. The topological polar surface area (TPSA) is 140 Å². The summed E-state index contributed by atoms with van der Waals surface area (Å²) in [4.78, 5) is 42.9. The highest BCUT2D eigenvalue weighted by atomic mass is 31.2. The number of carbonyl (C=O) groups excluding carboxylic acids is 2. The van der Waals surface area contributed by atoms with E-state index in [1.807, 2.05) is 48.6 Å². The molecule has 0 aliphatic carbocycles. The number of hydrogen-bond donors (Lipinski definition) is 3. The predicted octanol–water partition coefficient (Wildman–Crippen LogP) is 13.5. The van der Waals surface area contributed by atoms with E-state index in [9.17, 15) is 19.3 Å². The molecule has 0 heterocycles. The van der Waals surface area contributed by atoms with Crippen LogP contribution in [-0.2, 0) is 28.2 Å². The smallest absolute Gasteiger partial charge is 0.462 e. The van der Waals surface area contributed by atoms with Gasteiger partial charge in [-0.1, -0.05) is 209 Å². The Kier molecular flexibility index (Phi) is 40.3. The zero-order valence-corrected chi connectivity index (χ0v) is 38.3. The maximum Gasteiger partial charge on any atom is 0.469 e. The molecule has 2 atom stereocenters. The highest BCUT2D eigenvalue weighted by molar-refractivity contribution is 7.46. The van der Waals surface area contributed by atoms with Crippen molar-refractivity contribution in [1.82, 2.24) is 0 Å². The first kappa shape index (κ1) is 56.5. The van der Waals surface area contributed by atoms with Gasteiger partial charge in [-0.15, -0.1) is 0 Å². The number of hydrogen-bond acceptors (Lipinski definition) is 7. The third-order valence-corrected chi connectivity index (χ3v) is 10.2. The molecule has 0 rings (SSSR count). The van der Waals surface area contributed by atoms with Crippen molar-refractivity contribution in [2.45, 2.75) is 206 Å². The van der Waals surface area contributed by atoms with Crippen molar-refractivity contribution in [2.75, 3.05) is 13.2 Å². The molecular weight excluding hydrogens is 764 g/mol. The molecule has 9 nitrogen and oxygen atoms in total. The van der Waals surface area contributed by atoms with Gasteiger partial charge in [0, 0.05) is 12.8 Å². The zero-order valence-electron chi connectivity index (χ0n) is 37.4. The molecule has 340 valence electrons. The average molecular weight is 849 g/mol. The monoisotopic (exact) mass is 849 g/mol. The van der Waals surface area contributed by atoms with E-state index in [2.05, 4.69) is 43.5 Å². The van der Waals surface area contributed by atoms with Crippen molar-refractivity contribution in [1.29, 1.82) is 0 Å². The van der Waals surface area contributed by atoms with E-state index in [1.165, 1.54) is 96.3 Å². The van der Waals surface area contributed by atoms with Gasteiger partial charge in [0.1, 0.15) is 6.61 Å². The van der Waals surface area contributed by atoms with E-state index in [4.69, 9.17) is 19.3 Å². The third-order valence-electron chi connectivity index (χ3n) is 9.76. The molecule has 0 aromatic carbocycles. The van der Waals surface area contributed by atoms with Crippen LogP contribution in [0.2, 0.25) is 0 Å². The Hall–Kier alpha value is -2.55. The molecule has 0 aliphatic rings. The fourth-order valence-corrected chi connectivity index (χ4v) is 6.68. The lowest BCUT2D eigenvalue weighted by Crippen LogP contribution is -2.29. The molecule has 0 radical (unpaired) electrons. The summed E-state index contributed by atoms with van der Waals surface area (Å²) in [6, 6.07) is 0. The number of ether oxygens (including phenoxy) is 2. The predicted molar refractivity (Wildman–Crippen MR) is 245 cm³/mol. The van der Waals surface area contributed by atoms with E-state index in [0.29, 0.717) is 25.7 Å². The number of phosphoric acid groups is 1. The van der Waals surface area contributed by atoms with Crippen LogP contribution in [-0.4, -0.2) is 52.3 Å². The van der Waals surface area contributed by atoms with Crippen LogP contribution in [0, 0.1) is 5.92 Å². The SMILES string of the molecule is CC/C=C\C/C=C\CC(O)/C=C/C=C\C/C=C\C/C=C\CCC(=O)O[C@H](COC(=O)CCCCCCCCCCCCCCCCCCCCC(C)C)COP(=O)(O)O. The van der Waals surface area contributed by atoms with Gasteiger partial charge in [-0.2, -0.15) is 0 Å². The summed E-state index contributed by atoms with van der Waals surface area (Å²) >= 11 is 0. The van der Waals surface area contributed by atoms with Crippen molar-refractivity contribution in [2.24, 2.45) is 5.92 Å². The summed E-state index contributed by atoms with van der Waals surface area (Å²) in [7, 11) is -4.79. The lowest BCUT2D eigenvalue weighted by molar-refractivity contribution is -0.161. The number of allylic oxidation sites excluding steroid dienone is 10. The Balaban J connectivity index is 4.02. The second-order valence-electron chi connectivity index (χ2n) is 16.0. The normalized spacial score (nSPS) is 13.7. The molecule has 3 N–H and O–H groups in total. The first-order valence-electron chi connectivity index (χ1n) is 23.2. The molecule has 0 aliphatic heterocycles. The van der Waals surface area contributed by atoms with Gasteiger partial charge < -0.3 is 24.4 Å². The first-order valence-corrected chi connectivity index (χ1v) is 24.7. The van der Waals surface area contributed by atoms with Gasteiger partial charge in [-0.3, -0.25) is 14.1 Å². The molecular formula is C49H85O9P. The summed E-state index contributed by atoms with van der Waals surface area (Å²) in [5, 5.41) is 9.98. The van der Waals surface area contributed by atoms with Gasteiger partial charge in [0.25, 0.3) is 0 Å². The maximum absolute atomic E-state index is 12.4. The molecule has 59 heavy (non-hydrogen) atoms. The molecule has 1 unspecified atom stereocenters. The second-order valence-corrected chi connectivity index (χ2v) is 17.3. The Bertz CT molecular complexity index is 1210. The summed E-state index contributed by atoms with van der Waals surface area (Å²) in [5.74, 6) is -0.167. The van der Waals surface area contributed by atoms with Gasteiger partial charge in [-0.05, 0) is 50.9 Å². The number of aliphatic hydroxyl groups is 1. The second kappa shape index (κ2) is 42.2. The van der Waals surface area contributed by atoms with Crippen LogP contribution in [0.15, 0.2) is 72.9 Å². The van der Waals surface area contributed by atoms with E-state index >= 15 is 0 Å². The third kappa shape index (κ3) is 46.4. The van der Waals surface area contributed by atoms with Crippen molar-refractivity contribution < 1.29 is 43.0 Å². The Morgan fingerprint density at radius 1 is 0.576 bits per heavy atom. The lowest BCUT2D eigenvalue weighted by atomic mass is 10.0. The quantitative estimate of drug-likeness (QED) is 0.0180. The standard InChI is InChI=1S/C49H85O9P/c1-4-5-6-7-29-34-39-46(50)40-35-30-25-21-18-19-23-27-32-37-42-49(52)58-47(44-57-59(53,54)55)43-56-48(51)41-36-31-26-22-17-15-13-11-9-8-10-12-14-16-20-24-28-33-38-45(2)3/h5-6,18-19,25,27,29-30,32,34-35,40,45-47,50H,4,7-17,20-24,26,28,31,33,36-39,41-44H2,1-3H3,(H2,53,54,55)/b6-5-,19-18-,30-25-,32-27-,34-29-,40-35+/t46?,47-/m1/s1. The van der Waals surface area contributed by atoms with Crippen molar-refractivity contribution >= 4 is 19.8 Å². The summed E-state index contributed by atoms with van der Waals surface area (Å²) < 4.78 is 26.4. The molecule has 0 spiro atoms. The van der Waals surface area contributed by atoms with Crippen molar-refractivity contribution in [3.8, 4) is 0 Å². The van der Waals surface area contributed by atoms with Crippen LogP contribution in [0.25, 0.3) is 0 Å². The average Bonchev–Trinajstić information content (AvgIpc) is 3.19. The highest BCUT2D eigenvalue weighted by Gasteiger charge is 2.22. The van der Waals surface area contributed by atoms with Gasteiger partial charge in [-0.25, -0.2) is 4.57 Å². The first-order chi connectivity index (χ1) is 28.5. The van der Waals surface area contributed by atoms with E-state index in [-0.39, 0.29) is 19.4 Å². The number of esters is 2. The minimum Gasteiger partial charge on any atom is -0.462 e. The summed E-state index contributed by atoms with van der Waals surface area (Å²) in [6.45, 7) is 5.81. The van der Waals surface area contributed by atoms with E-state index in [1.54, 1.807) is 6.08 Å². The van der Waals surface area contributed by atoms with Crippen LogP contribution < -0.4 is 0 Å². The fourth-order valence-electron chi connectivity index (χ4n) is 6.32. The summed E-state index contributed by atoms with van der Waals surface area (Å²) in [6.07, 6.45) is 51.0. The molecule has 0 aromatic rings. The van der Waals surface area contributed by atoms with Crippen LogP contribution in [0.4, 0.5) is 0 Å². The number of carbonyl (C=O) groups is 2. The number of rotatable bonds is 41. The minimum atomic E-state index is -4.79. The zero-order chi connectivity index (χ0) is 43.5. The van der Waals surface area contributed by atoms with Crippen molar-refractivity contribution in [3.05, 3.63) is 72.9 Å². The van der Waals surface area contributed by atoms with Gasteiger partial charge in [0.05, 0.1) is 12.7 Å². The largest absolute Gasteiger partial charge is 0.469 e. The van der Waals surface area contributed by atoms with Crippen LogP contribution in [0.5, 0.6) is 0 Å². The molecule has 0 amide bonds. The lowest BCUT2D eigenvalue weighted by Gasteiger charge is -2.18. The Labute approximate surface area is 360 Å². The number of phosphoric ester groups is 1. The van der Waals surface area contributed by atoms with Gasteiger partial charge in [0.15, 0.2) is 6.10 Å². The molecule has 0 aromatic heterocycles. The number of aliphatic hydroxyl groups excluding tert-OH is 1. The molecule has 0 bridgehead atoms. The number of unbranched alkanes of at least 4 members (excludes halogenated alkanes) is 17. The van der Waals surface area contributed by atoms with Crippen LogP contribution >= 0.6 is 7.82 Å². The molecule has 10 heteroatoms. The molecule has 0 saturated carbocycles. The van der Waals surface area contributed by atoms with E-state index in [0.717, 1.165) is 44.4 Å². The minimum absolute atomic E-state index is 0.0617. The van der Waals surface area contributed by atoms with Gasteiger partial charge >= 0.3 is 19.8 Å². The van der Waals surface area contributed by atoms with Crippen molar-refractivity contribution in [3.63, 3.8) is 0 Å².